The van der Waals surface area contributed by atoms with Crippen LogP contribution < -0.4 is 9.47 Å². The first-order chi connectivity index (χ1) is 9.55. The molecule has 2 aromatic carbocycles. The molecule has 5 heteroatoms. The molecule has 20 heavy (non-hydrogen) atoms. The van der Waals surface area contributed by atoms with Crippen molar-refractivity contribution >= 4 is 33.3 Å². The lowest BCUT2D eigenvalue weighted by molar-refractivity contribution is 0.103. The summed E-state index contributed by atoms with van der Waals surface area (Å²) in [5.74, 6) is 0.934. The van der Waals surface area contributed by atoms with Crippen LogP contribution in [-0.2, 0) is 0 Å². The van der Waals surface area contributed by atoms with Crippen molar-refractivity contribution < 1.29 is 14.3 Å². The molecule has 104 valence electrons. The van der Waals surface area contributed by atoms with Gasteiger partial charge in [-0.25, -0.2) is 0 Å². The predicted molar refractivity (Wildman–Crippen MR) is 82.1 cm³/mol. The standard InChI is InChI=1S/C15H12BrClO3/c1-19-12-3-4-13(14(8-12)20-2)15(18)9-5-10(16)7-11(17)6-9/h3-8H,1-2H3. The molecular formula is C15H12BrClO3. The van der Waals surface area contributed by atoms with Crippen molar-refractivity contribution in [1.29, 1.82) is 0 Å². The lowest BCUT2D eigenvalue weighted by atomic mass is 10.0. The van der Waals surface area contributed by atoms with Gasteiger partial charge in [0, 0.05) is 21.1 Å². The molecule has 0 amide bonds. The number of benzene rings is 2. The molecule has 0 aliphatic rings. The summed E-state index contributed by atoms with van der Waals surface area (Å²) in [4.78, 5) is 12.5. The SMILES string of the molecule is COc1ccc(C(=O)c2cc(Cl)cc(Br)c2)c(OC)c1. The normalized spacial score (nSPS) is 10.2. The Bertz CT molecular complexity index is 635. The van der Waals surface area contributed by atoms with Crippen LogP contribution in [0.1, 0.15) is 15.9 Å². The summed E-state index contributed by atoms with van der Waals surface area (Å²) in [6.45, 7) is 0. The number of rotatable bonds is 4. The topological polar surface area (TPSA) is 35.5 Å². The lowest BCUT2D eigenvalue weighted by Crippen LogP contribution is -2.04. The smallest absolute Gasteiger partial charge is 0.196 e. The van der Waals surface area contributed by atoms with Crippen molar-refractivity contribution in [2.24, 2.45) is 0 Å². The largest absolute Gasteiger partial charge is 0.497 e. The maximum Gasteiger partial charge on any atom is 0.196 e. The highest BCUT2D eigenvalue weighted by Crippen LogP contribution is 2.28. The number of carbonyl (C=O) groups excluding carboxylic acids is 1. The summed E-state index contributed by atoms with van der Waals surface area (Å²) in [6, 6.07) is 10.1. The lowest BCUT2D eigenvalue weighted by Gasteiger charge is -2.10. The van der Waals surface area contributed by atoms with Crippen LogP contribution in [0, 0.1) is 0 Å². The van der Waals surface area contributed by atoms with E-state index in [4.69, 9.17) is 21.1 Å². The van der Waals surface area contributed by atoms with E-state index in [-0.39, 0.29) is 5.78 Å². The molecule has 0 radical (unpaired) electrons. The minimum Gasteiger partial charge on any atom is -0.497 e. The maximum absolute atomic E-state index is 12.5. The zero-order chi connectivity index (χ0) is 14.7. The van der Waals surface area contributed by atoms with Crippen LogP contribution in [0.4, 0.5) is 0 Å². The first-order valence-electron chi connectivity index (χ1n) is 5.78. The molecular weight excluding hydrogens is 344 g/mol. The zero-order valence-electron chi connectivity index (χ0n) is 10.9. The molecule has 0 saturated carbocycles. The molecule has 0 atom stereocenters. The van der Waals surface area contributed by atoms with Crippen molar-refractivity contribution in [2.45, 2.75) is 0 Å². The third-order valence-electron chi connectivity index (χ3n) is 2.78. The highest BCUT2D eigenvalue weighted by Gasteiger charge is 2.16. The van der Waals surface area contributed by atoms with Crippen molar-refractivity contribution in [2.75, 3.05) is 14.2 Å². The van der Waals surface area contributed by atoms with Gasteiger partial charge in [-0.05, 0) is 30.3 Å². The second-order valence-electron chi connectivity index (χ2n) is 4.05. The van der Waals surface area contributed by atoms with Gasteiger partial charge < -0.3 is 9.47 Å². The van der Waals surface area contributed by atoms with E-state index in [0.717, 1.165) is 4.47 Å². The Balaban J connectivity index is 2.47. The van der Waals surface area contributed by atoms with Gasteiger partial charge in [-0.2, -0.15) is 0 Å². The van der Waals surface area contributed by atoms with Gasteiger partial charge in [0.2, 0.25) is 0 Å². The number of ether oxygens (including phenoxy) is 2. The van der Waals surface area contributed by atoms with Crippen LogP contribution in [0.15, 0.2) is 40.9 Å². The Morgan fingerprint density at radius 1 is 1.10 bits per heavy atom. The van der Waals surface area contributed by atoms with Crippen LogP contribution in [0.5, 0.6) is 11.5 Å². The van der Waals surface area contributed by atoms with E-state index >= 15 is 0 Å². The number of ketones is 1. The molecule has 2 rings (SSSR count). The van der Waals surface area contributed by atoms with Crippen LogP contribution in [0.25, 0.3) is 0 Å². The minimum absolute atomic E-state index is 0.160. The van der Waals surface area contributed by atoms with Gasteiger partial charge >= 0.3 is 0 Å². The molecule has 0 bridgehead atoms. The fraction of sp³-hybridized carbons (Fsp3) is 0.133. The first-order valence-corrected chi connectivity index (χ1v) is 6.95. The van der Waals surface area contributed by atoms with E-state index in [1.54, 1.807) is 43.5 Å². The molecule has 3 nitrogen and oxygen atoms in total. The molecule has 0 fully saturated rings. The van der Waals surface area contributed by atoms with Crippen molar-refractivity contribution in [1.82, 2.24) is 0 Å². The summed E-state index contributed by atoms with van der Waals surface area (Å²) >= 11 is 9.29. The van der Waals surface area contributed by atoms with Crippen LogP contribution in [-0.4, -0.2) is 20.0 Å². The van der Waals surface area contributed by atoms with E-state index in [0.29, 0.717) is 27.6 Å². The van der Waals surface area contributed by atoms with Gasteiger partial charge in [-0.1, -0.05) is 27.5 Å². The monoisotopic (exact) mass is 354 g/mol. The predicted octanol–water partition coefficient (Wildman–Crippen LogP) is 4.35. The fourth-order valence-corrected chi connectivity index (χ4v) is 2.69. The second kappa shape index (κ2) is 6.29. The van der Waals surface area contributed by atoms with E-state index in [2.05, 4.69) is 15.9 Å². The third kappa shape index (κ3) is 3.14. The van der Waals surface area contributed by atoms with Crippen molar-refractivity contribution in [3.05, 3.63) is 57.0 Å². The molecule has 0 N–H and O–H groups in total. The van der Waals surface area contributed by atoms with Gasteiger partial charge in [-0.3, -0.25) is 4.79 Å². The minimum atomic E-state index is -0.160. The van der Waals surface area contributed by atoms with Gasteiger partial charge in [-0.15, -0.1) is 0 Å². The van der Waals surface area contributed by atoms with Gasteiger partial charge in [0.1, 0.15) is 11.5 Å². The molecule has 2 aromatic rings. The number of halogens is 2. The molecule has 0 spiro atoms. The summed E-state index contributed by atoms with van der Waals surface area (Å²) in [5.41, 5.74) is 0.954. The number of carbonyl (C=O) groups is 1. The Labute approximate surface area is 130 Å². The molecule has 0 unspecified atom stereocenters. The molecule has 0 aromatic heterocycles. The van der Waals surface area contributed by atoms with Crippen molar-refractivity contribution in [3.63, 3.8) is 0 Å². The summed E-state index contributed by atoms with van der Waals surface area (Å²) < 4.78 is 11.1. The third-order valence-corrected chi connectivity index (χ3v) is 3.45. The first kappa shape index (κ1) is 14.9. The number of hydrogen-bond acceptors (Lipinski definition) is 3. The van der Waals surface area contributed by atoms with E-state index in [1.807, 2.05) is 0 Å². The second-order valence-corrected chi connectivity index (χ2v) is 5.41. The summed E-state index contributed by atoms with van der Waals surface area (Å²) in [6.07, 6.45) is 0. The summed E-state index contributed by atoms with van der Waals surface area (Å²) in [5, 5.41) is 0.496. The molecule has 0 heterocycles. The Kier molecular flexibility index (Phi) is 4.68. The molecule has 0 aliphatic heterocycles. The average molecular weight is 356 g/mol. The van der Waals surface area contributed by atoms with Crippen LogP contribution in [0.3, 0.4) is 0 Å². The zero-order valence-corrected chi connectivity index (χ0v) is 13.3. The molecule has 0 aliphatic carbocycles. The Hall–Kier alpha value is -1.52. The van der Waals surface area contributed by atoms with Crippen LogP contribution >= 0.6 is 27.5 Å². The number of methoxy groups -OCH3 is 2. The van der Waals surface area contributed by atoms with E-state index in [9.17, 15) is 4.79 Å². The number of hydrogen-bond donors (Lipinski definition) is 0. The highest BCUT2D eigenvalue weighted by molar-refractivity contribution is 9.10. The van der Waals surface area contributed by atoms with Gasteiger partial charge in [0.05, 0.1) is 19.8 Å². The van der Waals surface area contributed by atoms with E-state index in [1.165, 1.54) is 7.11 Å². The molecule has 0 saturated heterocycles. The van der Waals surface area contributed by atoms with Gasteiger partial charge in [0.25, 0.3) is 0 Å². The summed E-state index contributed by atoms with van der Waals surface area (Å²) in [7, 11) is 3.07. The Morgan fingerprint density at radius 2 is 1.85 bits per heavy atom. The van der Waals surface area contributed by atoms with E-state index < -0.39 is 0 Å². The van der Waals surface area contributed by atoms with Crippen molar-refractivity contribution in [3.8, 4) is 11.5 Å². The Morgan fingerprint density at radius 3 is 2.45 bits per heavy atom. The van der Waals surface area contributed by atoms with Crippen LogP contribution in [0.2, 0.25) is 5.02 Å². The fourth-order valence-electron chi connectivity index (χ4n) is 1.83. The average Bonchev–Trinajstić information content (AvgIpc) is 2.44. The van der Waals surface area contributed by atoms with Gasteiger partial charge in [0.15, 0.2) is 5.78 Å². The highest BCUT2D eigenvalue weighted by atomic mass is 79.9. The maximum atomic E-state index is 12.5. The quantitative estimate of drug-likeness (QED) is 0.765.